The van der Waals surface area contributed by atoms with Crippen LogP contribution >= 0.6 is 0 Å². The zero-order valence-electron chi connectivity index (χ0n) is 20.8. The first kappa shape index (κ1) is 25.7. The van der Waals surface area contributed by atoms with Crippen LogP contribution in [0.15, 0.2) is 53.4 Å². The van der Waals surface area contributed by atoms with E-state index in [0.29, 0.717) is 17.4 Å². The van der Waals surface area contributed by atoms with Gasteiger partial charge in [-0.25, -0.2) is 13.1 Å². The molecule has 2 aliphatic carbocycles. The average molecular weight is 499 g/mol. The van der Waals surface area contributed by atoms with Gasteiger partial charge in [-0.2, -0.15) is 0 Å². The molecule has 1 amide bonds. The van der Waals surface area contributed by atoms with E-state index in [0.717, 1.165) is 57.1 Å². The normalized spacial score (nSPS) is 24.4. The van der Waals surface area contributed by atoms with E-state index in [2.05, 4.69) is 29.1 Å². The minimum atomic E-state index is -3.49. The molecule has 0 aromatic heterocycles. The molecule has 7 heteroatoms. The van der Waals surface area contributed by atoms with Crippen molar-refractivity contribution in [2.75, 3.05) is 13.7 Å². The Balaban J connectivity index is 1.30. The van der Waals surface area contributed by atoms with Gasteiger partial charge in [-0.15, -0.1) is 0 Å². The molecule has 2 aliphatic rings. The van der Waals surface area contributed by atoms with Gasteiger partial charge >= 0.3 is 0 Å². The molecule has 2 aromatic carbocycles. The largest absolute Gasteiger partial charge is 0.497 e. The number of carbonyl (C=O) groups is 1. The molecule has 0 heterocycles. The van der Waals surface area contributed by atoms with Crippen molar-refractivity contribution in [2.45, 2.75) is 75.1 Å². The van der Waals surface area contributed by atoms with Crippen molar-refractivity contribution < 1.29 is 17.9 Å². The summed E-state index contributed by atoms with van der Waals surface area (Å²) in [6.07, 6.45) is 7.37. The molecule has 4 rings (SSSR count). The fraction of sp³-hybridized carbons (Fsp3) is 0.536. The van der Waals surface area contributed by atoms with Gasteiger partial charge in [0.05, 0.1) is 12.0 Å². The lowest BCUT2D eigenvalue weighted by molar-refractivity contribution is -0.127. The minimum absolute atomic E-state index is 0.0107. The van der Waals surface area contributed by atoms with Gasteiger partial charge in [0.1, 0.15) is 5.75 Å². The molecule has 1 saturated carbocycles. The van der Waals surface area contributed by atoms with Crippen LogP contribution in [0.4, 0.5) is 0 Å². The highest BCUT2D eigenvalue weighted by Gasteiger charge is 2.33. The Morgan fingerprint density at radius 1 is 1.03 bits per heavy atom. The van der Waals surface area contributed by atoms with E-state index in [4.69, 9.17) is 4.74 Å². The third-order valence-corrected chi connectivity index (χ3v) is 9.16. The Morgan fingerprint density at radius 3 is 2.46 bits per heavy atom. The van der Waals surface area contributed by atoms with Gasteiger partial charge in [0.25, 0.3) is 0 Å². The molecule has 6 nitrogen and oxygen atoms in total. The predicted octanol–water partition coefficient (Wildman–Crippen LogP) is 4.79. The molecule has 2 atom stereocenters. The smallest absolute Gasteiger partial charge is 0.240 e. The van der Waals surface area contributed by atoms with Crippen LogP contribution in [0.5, 0.6) is 5.75 Å². The SMILES string of the molecule is CCCC1c2ccc(OC)cc2CC[C@H]1NC(=O)C1CCC(CNS(=O)(=O)c2ccccc2)CC1. The number of hydrogen-bond donors (Lipinski definition) is 2. The number of aryl methyl sites for hydroxylation is 1. The van der Waals surface area contributed by atoms with E-state index in [1.54, 1.807) is 37.4 Å². The van der Waals surface area contributed by atoms with Crippen LogP contribution < -0.4 is 14.8 Å². The molecule has 35 heavy (non-hydrogen) atoms. The maximum atomic E-state index is 13.2. The number of sulfonamides is 1. The third-order valence-electron chi connectivity index (χ3n) is 7.72. The first-order valence-electron chi connectivity index (χ1n) is 12.9. The van der Waals surface area contributed by atoms with E-state index < -0.39 is 10.0 Å². The Bertz CT molecular complexity index is 1100. The fourth-order valence-electron chi connectivity index (χ4n) is 5.70. The fourth-order valence-corrected chi connectivity index (χ4v) is 6.83. The first-order valence-corrected chi connectivity index (χ1v) is 14.4. The molecule has 1 unspecified atom stereocenters. The molecule has 2 aromatic rings. The molecule has 0 saturated heterocycles. The second-order valence-electron chi connectivity index (χ2n) is 10.00. The van der Waals surface area contributed by atoms with Gasteiger partial charge in [0.15, 0.2) is 0 Å². The average Bonchev–Trinajstić information content (AvgIpc) is 2.89. The monoisotopic (exact) mass is 498 g/mol. The molecule has 190 valence electrons. The third kappa shape index (κ3) is 6.25. The van der Waals surface area contributed by atoms with Crippen LogP contribution in [0, 0.1) is 11.8 Å². The predicted molar refractivity (Wildman–Crippen MR) is 138 cm³/mol. The molecular weight excluding hydrogens is 460 g/mol. The summed E-state index contributed by atoms with van der Waals surface area (Å²) in [5, 5.41) is 3.40. The van der Waals surface area contributed by atoms with Gasteiger partial charge < -0.3 is 10.1 Å². The van der Waals surface area contributed by atoms with Crippen LogP contribution in [0.25, 0.3) is 0 Å². The van der Waals surface area contributed by atoms with Crippen molar-refractivity contribution in [3.63, 3.8) is 0 Å². The Hall–Kier alpha value is -2.38. The number of carbonyl (C=O) groups excluding carboxylic acids is 1. The van der Waals surface area contributed by atoms with Crippen molar-refractivity contribution in [3.8, 4) is 5.75 Å². The van der Waals surface area contributed by atoms with Gasteiger partial charge in [0.2, 0.25) is 15.9 Å². The second kappa shape index (κ2) is 11.6. The maximum Gasteiger partial charge on any atom is 0.240 e. The number of ether oxygens (including phenoxy) is 1. The molecule has 0 aliphatic heterocycles. The quantitative estimate of drug-likeness (QED) is 0.520. The number of benzene rings is 2. The molecule has 0 spiro atoms. The van der Waals surface area contributed by atoms with E-state index in [1.807, 2.05) is 6.07 Å². The van der Waals surface area contributed by atoms with E-state index in [9.17, 15) is 13.2 Å². The number of nitrogens with one attached hydrogen (secondary N) is 2. The summed E-state index contributed by atoms with van der Waals surface area (Å²) in [4.78, 5) is 13.5. The number of amides is 1. The van der Waals surface area contributed by atoms with Gasteiger partial charge in [-0.05, 0) is 86.3 Å². The van der Waals surface area contributed by atoms with Crippen molar-refractivity contribution in [1.82, 2.24) is 10.0 Å². The molecular formula is C28H38N2O4S. The summed E-state index contributed by atoms with van der Waals surface area (Å²) in [6.45, 7) is 2.62. The van der Waals surface area contributed by atoms with E-state index in [-0.39, 0.29) is 23.8 Å². The van der Waals surface area contributed by atoms with Crippen LogP contribution in [0.2, 0.25) is 0 Å². The van der Waals surface area contributed by atoms with Gasteiger partial charge in [-0.3, -0.25) is 4.79 Å². The zero-order chi connectivity index (χ0) is 24.8. The van der Waals surface area contributed by atoms with Crippen LogP contribution in [-0.2, 0) is 21.2 Å². The lowest BCUT2D eigenvalue weighted by atomic mass is 9.76. The summed E-state index contributed by atoms with van der Waals surface area (Å²) < 4.78 is 33.1. The number of rotatable bonds is 9. The molecule has 2 N–H and O–H groups in total. The zero-order valence-corrected chi connectivity index (χ0v) is 21.6. The Morgan fingerprint density at radius 2 is 1.77 bits per heavy atom. The van der Waals surface area contributed by atoms with E-state index >= 15 is 0 Å². The summed E-state index contributed by atoms with van der Waals surface area (Å²) >= 11 is 0. The van der Waals surface area contributed by atoms with E-state index in [1.165, 1.54) is 11.1 Å². The van der Waals surface area contributed by atoms with Gasteiger partial charge in [-0.1, -0.05) is 37.6 Å². The lowest BCUT2D eigenvalue weighted by Gasteiger charge is -2.36. The Labute approximate surface area is 209 Å². The van der Waals surface area contributed by atoms with Crippen molar-refractivity contribution >= 4 is 15.9 Å². The highest BCUT2D eigenvalue weighted by Crippen LogP contribution is 2.37. The van der Waals surface area contributed by atoms with Crippen molar-refractivity contribution in [3.05, 3.63) is 59.7 Å². The van der Waals surface area contributed by atoms with Crippen LogP contribution in [0.1, 0.15) is 68.9 Å². The highest BCUT2D eigenvalue weighted by atomic mass is 32.2. The summed E-state index contributed by atoms with van der Waals surface area (Å²) in [5.74, 6) is 1.67. The molecule has 0 bridgehead atoms. The Kier molecular flexibility index (Phi) is 8.50. The first-order chi connectivity index (χ1) is 16.9. The summed E-state index contributed by atoms with van der Waals surface area (Å²) in [7, 11) is -1.79. The van der Waals surface area contributed by atoms with Crippen molar-refractivity contribution in [2.24, 2.45) is 11.8 Å². The molecule has 1 fully saturated rings. The number of methoxy groups -OCH3 is 1. The van der Waals surface area contributed by atoms with Crippen LogP contribution in [0.3, 0.4) is 0 Å². The number of hydrogen-bond acceptors (Lipinski definition) is 4. The maximum absolute atomic E-state index is 13.2. The summed E-state index contributed by atoms with van der Waals surface area (Å²) in [5.41, 5.74) is 2.69. The second-order valence-corrected chi connectivity index (χ2v) is 11.8. The van der Waals surface area contributed by atoms with Crippen LogP contribution in [-0.4, -0.2) is 34.0 Å². The lowest BCUT2D eigenvalue weighted by Crippen LogP contribution is -2.45. The minimum Gasteiger partial charge on any atom is -0.497 e. The molecule has 0 radical (unpaired) electrons. The topological polar surface area (TPSA) is 84.5 Å². The number of fused-ring (bicyclic) bond motifs is 1. The standard InChI is InChI=1S/C28H38N2O4S/c1-3-7-26-25-16-15-23(34-2)18-22(25)14-17-27(26)30-28(31)21-12-10-20(11-13-21)19-29-35(32,33)24-8-5-4-6-9-24/h4-6,8-9,15-16,18,20-21,26-27,29H,3,7,10-14,17,19H2,1-2H3,(H,30,31)/t20?,21?,26?,27-/m1/s1. The highest BCUT2D eigenvalue weighted by molar-refractivity contribution is 7.89. The van der Waals surface area contributed by atoms with Crippen molar-refractivity contribution in [1.29, 1.82) is 0 Å². The summed E-state index contributed by atoms with van der Waals surface area (Å²) in [6, 6.07) is 15.0. The van der Waals surface area contributed by atoms with Gasteiger partial charge in [0, 0.05) is 24.4 Å².